The molecular weight excluding hydrogens is 428 g/mol. The zero-order valence-corrected chi connectivity index (χ0v) is 20.4. The Labute approximate surface area is 202 Å². The van der Waals surface area contributed by atoms with E-state index in [1.807, 2.05) is 23.8 Å². The quantitative estimate of drug-likeness (QED) is 0.655. The minimum atomic E-state index is -0.0295. The van der Waals surface area contributed by atoms with Crippen LogP contribution in [0.4, 0.5) is 10.5 Å². The summed E-state index contributed by atoms with van der Waals surface area (Å²) in [6, 6.07) is 9.06. The largest absolute Gasteiger partial charge is 0.379 e. The molecule has 2 atom stereocenters. The summed E-state index contributed by atoms with van der Waals surface area (Å²) in [6.45, 7) is 15.3. The predicted octanol–water partition coefficient (Wildman–Crippen LogP) is 2.72. The first kappa shape index (κ1) is 23.1. The second-order valence-corrected chi connectivity index (χ2v) is 10.0. The van der Waals surface area contributed by atoms with Crippen molar-refractivity contribution in [3.63, 3.8) is 0 Å². The summed E-state index contributed by atoms with van der Waals surface area (Å²) >= 11 is 0. The molecule has 8 heteroatoms. The number of nitrogens with zero attached hydrogens (tertiary/aromatic N) is 6. The normalized spacial score (nSPS) is 23.3. The summed E-state index contributed by atoms with van der Waals surface area (Å²) in [5, 5.41) is 4.30. The Morgan fingerprint density at radius 3 is 2.21 bits per heavy atom. The van der Waals surface area contributed by atoms with Gasteiger partial charge in [0.25, 0.3) is 0 Å². The van der Waals surface area contributed by atoms with Gasteiger partial charge in [-0.25, -0.2) is 4.79 Å². The SMILES string of the molecule is C=C(C)N(C)c1cnn(C(=O)N2CC3CN(Cc4ccc(CN5CCOCC5)cc4)CC3C2)c1. The molecular formula is C26H36N6O2. The highest BCUT2D eigenvalue weighted by molar-refractivity contribution is 5.77. The van der Waals surface area contributed by atoms with Gasteiger partial charge in [0.15, 0.2) is 0 Å². The first-order valence-corrected chi connectivity index (χ1v) is 12.3. The monoisotopic (exact) mass is 464 g/mol. The van der Waals surface area contributed by atoms with E-state index in [-0.39, 0.29) is 6.03 Å². The van der Waals surface area contributed by atoms with Crippen molar-refractivity contribution in [2.75, 3.05) is 64.4 Å². The first-order chi connectivity index (χ1) is 16.5. The Bertz CT molecular complexity index is 999. The molecule has 2 unspecified atom stereocenters. The molecule has 0 radical (unpaired) electrons. The molecule has 3 aliphatic rings. The molecule has 0 aliphatic carbocycles. The van der Waals surface area contributed by atoms with E-state index in [4.69, 9.17) is 4.74 Å². The summed E-state index contributed by atoms with van der Waals surface area (Å²) in [6.07, 6.45) is 3.51. The fourth-order valence-electron chi connectivity index (χ4n) is 5.36. The minimum absolute atomic E-state index is 0.0295. The minimum Gasteiger partial charge on any atom is -0.379 e. The first-order valence-electron chi connectivity index (χ1n) is 12.3. The molecule has 1 amide bonds. The molecule has 0 saturated carbocycles. The molecule has 3 aliphatic heterocycles. The maximum Gasteiger partial charge on any atom is 0.344 e. The maximum absolute atomic E-state index is 13.0. The lowest BCUT2D eigenvalue weighted by Crippen LogP contribution is -2.36. The third-order valence-corrected chi connectivity index (χ3v) is 7.50. The van der Waals surface area contributed by atoms with Crippen LogP contribution in [0.3, 0.4) is 0 Å². The van der Waals surface area contributed by atoms with Gasteiger partial charge in [-0.15, -0.1) is 0 Å². The van der Waals surface area contributed by atoms with Crippen molar-refractivity contribution in [1.29, 1.82) is 0 Å². The molecule has 2 aromatic rings. The van der Waals surface area contributed by atoms with Crippen LogP contribution < -0.4 is 4.90 Å². The summed E-state index contributed by atoms with van der Waals surface area (Å²) in [4.78, 5) is 21.9. The van der Waals surface area contributed by atoms with E-state index in [2.05, 4.69) is 45.7 Å². The van der Waals surface area contributed by atoms with Crippen molar-refractivity contribution in [3.05, 3.63) is 60.1 Å². The van der Waals surface area contributed by atoms with E-state index < -0.39 is 0 Å². The summed E-state index contributed by atoms with van der Waals surface area (Å²) in [7, 11) is 1.93. The number of fused-ring (bicyclic) bond motifs is 1. The van der Waals surface area contributed by atoms with E-state index in [9.17, 15) is 4.79 Å². The maximum atomic E-state index is 13.0. The van der Waals surface area contributed by atoms with Crippen LogP contribution in [0, 0.1) is 11.8 Å². The highest BCUT2D eigenvalue weighted by atomic mass is 16.5. The number of allylic oxidation sites excluding steroid dienone is 1. The Balaban J connectivity index is 1.11. The average molecular weight is 465 g/mol. The Kier molecular flexibility index (Phi) is 6.72. The molecule has 5 rings (SSSR count). The topological polar surface area (TPSA) is 57.1 Å². The summed E-state index contributed by atoms with van der Waals surface area (Å²) in [5.41, 5.74) is 4.52. The van der Waals surface area contributed by atoms with E-state index >= 15 is 0 Å². The number of aromatic nitrogens is 2. The van der Waals surface area contributed by atoms with Gasteiger partial charge in [0, 0.05) is 65.1 Å². The average Bonchev–Trinajstić information content (AvgIpc) is 3.55. The lowest BCUT2D eigenvalue weighted by molar-refractivity contribution is 0.0342. The Hall–Kier alpha value is -2.68. The highest BCUT2D eigenvalue weighted by Gasteiger charge is 2.42. The number of rotatable bonds is 6. The van der Waals surface area contributed by atoms with Gasteiger partial charge >= 0.3 is 6.03 Å². The molecule has 0 bridgehead atoms. The van der Waals surface area contributed by atoms with Gasteiger partial charge in [0.05, 0.1) is 31.3 Å². The molecule has 1 aromatic heterocycles. The number of likely N-dealkylation sites (tertiary alicyclic amines) is 2. The van der Waals surface area contributed by atoms with Crippen LogP contribution in [0.2, 0.25) is 0 Å². The molecule has 4 heterocycles. The van der Waals surface area contributed by atoms with Gasteiger partial charge in [0.1, 0.15) is 0 Å². The molecule has 0 spiro atoms. The second kappa shape index (κ2) is 9.90. The second-order valence-electron chi connectivity index (χ2n) is 10.0. The van der Waals surface area contributed by atoms with Crippen molar-refractivity contribution in [3.8, 4) is 0 Å². The number of carbonyl (C=O) groups excluding carboxylic acids is 1. The Morgan fingerprint density at radius 2 is 1.62 bits per heavy atom. The Morgan fingerprint density at radius 1 is 1.03 bits per heavy atom. The third-order valence-electron chi connectivity index (χ3n) is 7.50. The molecule has 34 heavy (non-hydrogen) atoms. The smallest absolute Gasteiger partial charge is 0.344 e. The van der Waals surface area contributed by atoms with E-state index in [0.29, 0.717) is 11.8 Å². The van der Waals surface area contributed by atoms with Crippen LogP contribution in [0.25, 0.3) is 0 Å². The molecule has 3 fully saturated rings. The molecule has 8 nitrogen and oxygen atoms in total. The fourth-order valence-corrected chi connectivity index (χ4v) is 5.36. The van der Waals surface area contributed by atoms with Gasteiger partial charge < -0.3 is 14.5 Å². The number of hydrogen-bond donors (Lipinski definition) is 0. The van der Waals surface area contributed by atoms with E-state index in [0.717, 1.165) is 77.0 Å². The predicted molar refractivity (Wildman–Crippen MR) is 133 cm³/mol. The van der Waals surface area contributed by atoms with Gasteiger partial charge in [-0.2, -0.15) is 9.78 Å². The number of anilines is 1. The van der Waals surface area contributed by atoms with Crippen molar-refractivity contribution in [2.45, 2.75) is 20.0 Å². The van der Waals surface area contributed by atoms with Gasteiger partial charge in [-0.05, 0) is 29.9 Å². The molecule has 1 aromatic carbocycles. The summed E-state index contributed by atoms with van der Waals surface area (Å²) in [5.74, 6) is 1.08. The standard InChI is InChI=1S/C26H36N6O2/c1-20(2)28(3)25-12-27-32(19-25)26(33)31-17-23-15-30(16-24(23)18-31)14-22-6-4-21(5-7-22)13-29-8-10-34-11-9-29/h4-7,12,19,23-24H,1,8-11,13-18H2,2-3H3. The zero-order chi connectivity index (χ0) is 23.7. The van der Waals surface area contributed by atoms with Crippen molar-refractivity contribution in [2.24, 2.45) is 11.8 Å². The number of carbonyl (C=O) groups is 1. The zero-order valence-electron chi connectivity index (χ0n) is 20.4. The lowest BCUT2D eigenvalue weighted by Gasteiger charge is -2.26. The van der Waals surface area contributed by atoms with Gasteiger partial charge in [-0.3, -0.25) is 9.80 Å². The van der Waals surface area contributed by atoms with Crippen molar-refractivity contribution < 1.29 is 9.53 Å². The number of hydrogen-bond acceptors (Lipinski definition) is 6. The van der Waals surface area contributed by atoms with E-state index in [1.54, 1.807) is 12.4 Å². The van der Waals surface area contributed by atoms with Crippen LogP contribution >= 0.6 is 0 Å². The van der Waals surface area contributed by atoms with E-state index in [1.165, 1.54) is 15.8 Å². The van der Waals surface area contributed by atoms with Crippen LogP contribution in [0.1, 0.15) is 18.1 Å². The van der Waals surface area contributed by atoms with Crippen LogP contribution in [-0.2, 0) is 17.8 Å². The molecule has 3 saturated heterocycles. The molecule has 0 N–H and O–H groups in total. The van der Waals surface area contributed by atoms with Crippen LogP contribution in [0.15, 0.2) is 48.9 Å². The molecule has 182 valence electrons. The van der Waals surface area contributed by atoms with Crippen LogP contribution in [0.5, 0.6) is 0 Å². The lowest BCUT2D eigenvalue weighted by atomic mass is 10.0. The van der Waals surface area contributed by atoms with Gasteiger partial charge in [0.2, 0.25) is 0 Å². The van der Waals surface area contributed by atoms with Gasteiger partial charge in [-0.1, -0.05) is 30.8 Å². The third kappa shape index (κ3) is 5.04. The van der Waals surface area contributed by atoms with Crippen molar-refractivity contribution >= 4 is 11.7 Å². The number of ether oxygens (including phenoxy) is 1. The highest BCUT2D eigenvalue weighted by Crippen LogP contribution is 2.32. The number of morpholine rings is 1. The van der Waals surface area contributed by atoms with Crippen LogP contribution in [-0.4, -0.2) is 90.0 Å². The number of benzene rings is 1. The fraction of sp³-hybridized carbons (Fsp3) is 0.538. The summed E-state index contributed by atoms with van der Waals surface area (Å²) < 4.78 is 6.91. The number of amides is 1. The van der Waals surface area contributed by atoms with Crippen molar-refractivity contribution in [1.82, 2.24) is 24.5 Å².